The number of aromatic amines is 1. The maximum absolute atomic E-state index is 13.0. The van der Waals surface area contributed by atoms with Crippen LogP contribution in [0.3, 0.4) is 0 Å². The van der Waals surface area contributed by atoms with E-state index in [4.69, 9.17) is 34.8 Å². The quantitative estimate of drug-likeness (QED) is 0.520. The van der Waals surface area contributed by atoms with Gasteiger partial charge in [0.1, 0.15) is 0 Å². The predicted molar refractivity (Wildman–Crippen MR) is 100 cm³/mol. The molecule has 0 fully saturated rings. The summed E-state index contributed by atoms with van der Waals surface area (Å²) in [6, 6.07) is 8.78. The minimum atomic E-state index is -3.89. The van der Waals surface area contributed by atoms with Crippen LogP contribution in [0.15, 0.2) is 58.6 Å². The number of fused-ring (bicyclic) bond motifs is 1. The van der Waals surface area contributed by atoms with Crippen molar-refractivity contribution in [3.05, 3.63) is 63.9 Å². The van der Waals surface area contributed by atoms with Crippen LogP contribution in [0.1, 0.15) is 0 Å². The number of H-pyrrole nitrogens is 1. The Morgan fingerprint density at radius 3 is 2.50 bits per heavy atom. The summed E-state index contributed by atoms with van der Waals surface area (Å²) in [7, 11) is -3.89. The van der Waals surface area contributed by atoms with Crippen molar-refractivity contribution in [1.29, 1.82) is 0 Å². The SMILES string of the molecule is O=S(=O)(c1ccc(Cl)c(Cl)c1)c1cc2[nH]c(-n3cccn3)nc2cc1Cl. The third kappa shape index (κ3) is 2.87. The van der Waals surface area contributed by atoms with E-state index in [-0.39, 0.29) is 24.9 Å². The summed E-state index contributed by atoms with van der Waals surface area (Å²) in [5.74, 6) is 0.449. The van der Waals surface area contributed by atoms with Crippen LogP contribution in [0.25, 0.3) is 17.0 Å². The van der Waals surface area contributed by atoms with Gasteiger partial charge in [-0.3, -0.25) is 0 Å². The van der Waals surface area contributed by atoms with Gasteiger partial charge in [0.05, 0.1) is 35.9 Å². The first-order valence-electron chi connectivity index (χ1n) is 7.26. The minimum absolute atomic E-state index is 0.0000324. The Kier molecular flexibility index (Phi) is 4.19. The first kappa shape index (κ1) is 17.4. The summed E-state index contributed by atoms with van der Waals surface area (Å²) in [4.78, 5) is 7.34. The summed E-state index contributed by atoms with van der Waals surface area (Å²) in [6.07, 6.45) is 3.33. The Labute approximate surface area is 163 Å². The number of halogens is 3. The van der Waals surface area contributed by atoms with E-state index in [0.717, 1.165) is 0 Å². The van der Waals surface area contributed by atoms with Crippen molar-refractivity contribution < 1.29 is 8.42 Å². The molecule has 6 nitrogen and oxygen atoms in total. The molecule has 26 heavy (non-hydrogen) atoms. The number of sulfone groups is 1. The molecular weight excluding hydrogens is 419 g/mol. The van der Waals surface area contributed by atoms with E-state index in [2.05, 4.69) is 15.1 Å². The second-order valence-electron chi connectivity index (χ2n) is 5.39. The molecule has 0 spiro atoms. The molecule has 0 aliphatic heterocycles. The van der Waals surface area contributed by atoms with E-state index in [0.29, 0.717) is 17.0 Å². The van der Waals surface area contributed by atoms with Crippen LogP contribution in [0.5, 0.6) is 0 Å². The van der Waals surface area contributed by atoms with Crippen LogP contribution in [0.2, 0.25) is 15.1 Å². The van der Waals surface area contributed by atoms with Crippen LogP contribution in [0.4, 0.5) is 0 Å². The number of nitrogens with zero attached hydrogens (tertiary/aromatic N) is 3. The fourth-order valence-electron chi connectivity index (χ4n) is 2.48. The summed E-state index contributed by atoms with van der Waals surface area (Å²) >= 11 is 18.0. The predicted octanol–water partition coefficient (Wildman–Crippen LogP) is 4.54. The molecule has 0 amide bonds. The van der Waals surface area contributed by atoms with Crippen molar-refractivity contribution in [1.82, 2.24) is 19.7 Å². The standard InChI is InChI=1S/C16H9Cl3N4O2S/c17-10-3-2-9(6-11(10)18)26(24,25)15-8-14-13(7-12(15)19)21-16(22-14)23-5-1-4-20-23/h1-8H,(H,21,22). The molecule has 0 aliphatic rings. The van der Waals surface area contributed by atoms with Gasteiger partial charge in [0.25, 0.3) is 0 Å². The van der Waals surface area contributed by atoms with Gasteiger partial charge < -0.3 is 4.98 Å². The van der Waals surface area contributed by atoms with Crippen molar-refractivity contribution in [3.8, 4) is 5.95 Å². The molecule has 132 valence electrons. The van der Waals surface area contributed by atoms with Gasteiger partial charge in [-0.15, -0.1) is 0 Å². The molecule has 4 rings (SSSR count). The van der Waals surface area contributed by atoms with Crippen molar-refractivity contribution >= 4 is 55.7 Å². The molecule has 4 aromatic rings. The fraction of sp³-hybridized carbons (Fsp3) is 0. The summed E-state index contributed by atoms with van der Waals surface area (Å²) in [6.45, 7) is 0. The molecule has 0 saturated heterocycles. The lowest BCUT2D eigenvalue weighted by Gasteiger charge is -2.08. The summed E-state index contributed by atoms with van der Waals surface area (Å²) < 4.78 is 27.4. The van der Waals surface area contributed by atoms with Gasteiger partial charge in [0, 0.05) is 12.4 Å². The van der Waals surface area contributed by atoms with Gasteiger partial charge in [-0.05, 0) is 36.4 Å². The fourth-order valence-corrected chi connectivity index (χ4v) is 4.67. The van der Waals surface area contributed by atoms with Crippen LogP contribution in [0, 0.1) is 0 Å². The topological polar surface area (TPSA) is 80.6 Å². The van der Waals surface area contributed by atoms with Gasteiger partial charge in [0.15, 0.2) is 0 Å². The van der Waals surface area contributed by atoms with Crippen molar-refractivity contribution in [2.75, 3.05) is 0 Å². The van der Waals surface area contributed by atoms with Gasteiger partial charge in [-0.1, -0.05) is 34.8 Å². The van der Waals surface area contributed by atoms with Gasteiger partial charge in [0.2, 0.25) is 15.8 Å². The van der Waals surface area contributed by atoms with Gasteiger partial charge >= 0.3 is 0 Å². The second-order valence-corrected chi connectivity index (χ2v) is 8.53. The second kappa shape index (κ2) is 6.28. The average Bonchev–Trinajstić information content (AvgIpc) is 3.25. The summed E-state index contributed by atoms with van der Waals surface area (Å²) in [5, 5.41) is 4.56. The lowest BCUT2D eigenvalue weighted by atomic mass is 10.3. The number of imidazole rings is 1. The van der Waals surface area contributed by atoms with Gasteiger partial charge in [-0.25, -0.2) is 18.1 Å². The van der Waals surface area contributed by atoms with E-state index < -0.39 is 9.84 Å². The maximum atomic E-state index is 13.0. The summed E-state index contributed by atoms with van der Waals surface area (Å²) in [5.41, 5.74) is 1.03. The third-order valence-electron chi connectivity index (χ3n) is 3.74. The highest BCUT2D eigenvalue weighted by Gasteiger charge is 2.23. The van der Waals surface area contributed by atoms with Crippen LogP contribution in [-0.2, 0) is 9.84 Å². The first-order chi connectivity index (χ1) is 12.4. The highest BCUT2D eigenvalue weighted by Crippen LogP contribution is 2.33. The number of rotatable bonds is 3. The Morgan fingerprint density at radius 1 is 1.00 bits per heavy atom. The molecule has 0 bridgehead atoms. The van der Waals surface area contributed by atoms with Crippen LogP contribution < -0.4 is 0 Å². The first-order valence-corrected chi connectivity index (χ1v) is 9.87. The monoisotopic (exact) mass is 426 g/mol. The molecule has 0 unspecified atom stereocenters. The highest BCUT2D eigenvalue weighted by molar-refractivity contribution is 7.91. The van der Waals surface area contributed by atoms with Crippen LogP contribution in [-0.4, -0.2) is 28.2 Å². The van der Waals surface area contributed by atoms with E-state index in [1.807, 2.05) is 0 Å². The highest BCUT2D eigenvalue weighted by atomic mass is 35.5. The zero-order valence-electron chi connectivity index (χ0n) is 12.8. The van der Waals surface area contributed by atoms with Crippen molar-refractivity contribution in [2.24, 2.45) is 0 Å². The Morgan fingerprint density at radius 2 is 1.81 bits per heavy atom. The molecular formula is C16H9Cl3N4O2S. The zero-order chi connectivity index (χ0) is 18.5. The third-order valence-corrected chi connectivity index (χ3v) is 6.69. The van der Waals surface area contributed by atoms with E-state index >= 15 is 0 Å². The molecule has 1 N–H and O–H groups in total. The van der Waals surface area contributed by atoms with Crippen molar-refractivity contribution in [2.45, 2.75) is 9.79 Å². The average molecular weight is 428 g/mol. The van der Waals surface area contributed by atoms with E-state index in [1.54, 1.807) is 18.5 Å². The number of nitrogens with one attached hydrogen (secondary N) is 1. The number of hydrogen-bond donors (Lipinski definition) is 1. The van der Waals surface area contributed by atoms with Gasteiger partial charge in [-0.2, -0.15) is 5.10 Å². The molecule has 2 aromatic carbocycles. The largest absolute Gasteiger partial charge is 0.322 e. The number of hydrogen-bond acceptors (Lipinski definition) is 4. The molecule has 2 aromatic heterocycles. The molecule has 0 aliphatic carbocycles. The molecule has 0 saturated carbocycles. The Balaban J connectivity index is 1.87. The maximum Gasteiger partial charge on any atom is 0.229 e. The lowest BCUT2D eigenvalue weighted by Crippen LogP contribution is -2.03. The number of aromatic nitrogens is 4. The van der Waals surface area contributed by atoms with Crippen molar-refractivity contribution in [3.63, 3.8) is 0 Å². The molecule has 0 radical (unpaired) electrons. The lowest BCUT2D eigenvalue weighted by molar-refractivity contribution is 0.596. The zero-order valence-corrected chi connectivity index (χ0v) is 15.9. The smallest absolute Gasteiger partial charge is 0.229 e. The minimum Gasteiger partial charge on any atom is -0.322 e. The molecule has 2 heterocycles. The normalized spacial score (nSPS) is 12.0. The Bertz CT molecular complexity index is 1230. The molecule has 0 atom stereocenters. The van der Waals surface area contributed by atoms with E-state index in [9.17, 15) is 8.42 Å². The van der Waals surface area contributed by atoms with E-state index in [1.165, 1.54) is 35.0 Å². The number of benzene rings is 2. The Hall–Kier alpha value is -2.06. The van der Waals surface area contributed by atoms with Crippen LogP contribution >= 0.6 is 34.8 Å². The molecule has 10 heteroatoms.